The largest absolute Gasteiger partial charge is 0.377 e. The van der Waals surface area contributed by atoms with E-state index in [0.717, 1.165) is 13.0 Å². The lowest BCUT2D eigenvalue weighted by Crippen LogP contribution is -2.42. The van der Waals surface area contributed by atoms with Crippen LogP contribution >= 0.6 is 0 Å². The van der Waals surface area contributed by atoms with E-state index in [9.17, 15) is 0 Å². The van der Waals surface area contributed by atoms with Crippen LogP contribution in [-0.2, 0) is 10.3 Å². The van der Waals surface area contributed by atoms with Crippen LogP contribution in [0.25, 0.3) is 0 Å². The third kappa shape index (κ3) is 1.76. The maximum absolute atomic E-state index is 5.61. The number of nitrogens with one attached hydrogen (secondary N) is 1. The lowest BCUT2D eigenvalue weighted by molar-refractivity contribution is 0.110. The molecule has 0 radical (unpaired) electrons. The zero-order chi connectivity index (χ0) is 11.0. The van der Waals surface area contributed by atoms with Crippen molar-refractivity contribution in [1.29, 1.82) is 0 Å². The van der Waals surface area contributed by atoms with Crippen molar-refractivity contribution in [2.45, 2.75) is 43.9 Å². The Balaban J connectivity index is 1.75. The Labute approximate surface area is 97.0 Å². The first-order chi connectivity index (χ1) is 7.80. The molecule has 2 aliphatic rings. The van der Waals surface area contributed by atoms with Crippen LogP contribution in [-0.4, -0.2) is 18.8 Å². The van der Waals surface area contributed by atoms with E-state index in [4.69, 9.17) is 4.74 Å². The van der Waals surface area contributed by atoms with Crippen LogP contribution < -0.4 is 5.32 Å². The van der Waals surface area contributed by atoms with Crippen molar-refractivity contribution in [3.63, 3.8) is 0 Å². The Hall–Kier alpha value is -0.860. The van der Waals surface area contributed by atoms with Crippen molar-refractivity contribution >= 4 is 0 Å². The van der Waals surface area contributed by atoms with Gasteiger partial charge in [-0.2, -0.15) is 0 Å². The van der Waals surface area contributed by atoms with Crippen molar-refractivity contribution in [3.8, 4) is 0 Å². The highest BCUT2D eigenvalue weighted by Crippen LogP contribution is 2.46. The summed E-state index contributed by atoms with van der Waals surface area (Å²) in [6, 6.07) is 11.3. The number of ether oxygens (including phenoxy) is 1. The van der Waals surface area contributed by atoms with Gasteiger partial charge in [0.1, 0.15) is 0 Å². The lowest BCUT2D eigenvalue weighted by atomic mass is 10.0. The first-order valence-electron chi connectivity index (χ1n) is 6.25. The minimum Gasteiger partial charge on any atom is -0.377 e. The molecular weight excluding hydrogens is 198 g/mol. The van der Waals surface area contributed by atoms with E-state index in [-0.39, 0.29) is 5.54 Å². The fourth-order valence-electron chi connectivity index (χ4n) is 2.67. The third-order valence-electron chi connectivity index (χ3n) is 3.91. The summed E-state index contributed by atoms with van der Waals surface area (Å²) in [5.41, 5.74) is 1.70. The van der Waals surface area contributed by atoms with Gasteiger partial charge in [-0.1, -0.05) is 30.3 Å². The fourth-order valence-corrected chi connectivity index (χ4v) is 2.67. The predicted molar refractivity (Wildman–Crippen MR) is 64.3 cm³/mol. The van der Waals surface area contributed by atoms with Gasteiger partial charge >= 0.3 is 0 Å². The maximum Gasteiger partial charge on any atom is 0.0701 e. The molecule has 1 aromatic rings. The van der Waals surface area contributed by atoms with Gasteiger partial charge in [0.25, 0.3) is 0 Å². The Morgan fingerprint density at radius 1 is 1.25 bits per heavy atom. The number of rotatable bonds is 3. The second kappa shape index (κ2) is 3.86. The molecule has 2 atom stereocenters. The molecule has 1 heterocycles. The van der Waals surface area contributed by atoms with Crippen molar-refractivity contribution in [1.82, 2.24) is 5.32 Å². The minimum atomic E-state index is 0.258. The molecule has 2 heteroatoms. The van der Waals surface area contributed by atoms with Crippen LogP contribution in [0.4, 0.5) is 0 Å². The standard InChI is InChI=1S/C14H19NO/c1-11-13(7-10-16-11)15-14(8-9-14)12-5-3-2-4-6-12/h2-6,11,13,15H,7-10H2,1H3. The fraction of sp³-hybridized carbons (Fsp3) is 0.571. The van der Waals surface area contributed by atoms with Crippen molar-refractivity contribution < 1.29 is 4.74 Å². The summed E-state index contributed by atoms with van der Waals surface area (Å²) in [4.78, 5) is 0. The van der Waals surface area contributed by atoms with Crippen LogP contribution in [0.2, 0.25) is 0 Å². The molecular formula is C14H19NO. The summed E-state index contributed by atoms with van der Waals surface area (Å²) in [6.45, 7) is 3.08. The second-order valence-electron chi connectivity index (χ2n) is 5.06. The van der Waals surface area contributed by atoms with Gasteiger partial charge < -0.3 is 10.1 Å². The number of benzene rings is 1. The van der Waals surface area contributed by atoms with E-state index in [2.05, 4.69) is 42.6 Å². The summed E-state index contributed by atoms with van der Waals surface area (Å²) in [7, 11) is 0. The number of hydrogen-bond acceptors (Lipinski definition) is 2. The monoisotopic (exact) mass is 217 g/mol. The van der Waals surface area contributed by atoms with Crippen molar-refractivity contribution in [2.24, 2.45) is 0 Å². The molecule has 0 amide bonds. The average molecular weight is 217 g/mol. The van der Waals surface area contributed by atoms with Crippen LogP contribution in [0, 0.1) is 0 Å². The molecule has 1 aliphatic carbocycles. The van der Waals surface area contributed by atoms with Crippen molar-refractivity contribution in [2.75, 3.05) is 6.61 Å². The molecule has 1 saturated heterocycles. The first kappa shape index (κ1) is 10.3. The normalized spacial score (nSPS) is 31.6. The zero-order valence-corrected chi connectivity index (χ0v) is 9.78. The SMILES string of the molecule is CC1OCCC1NC1(c2ccccc2)CC1. The molecule has 1 aliphatic heterocycles. The minimum absolute atomic E-state index is 0.258. The van der Waals surface area contributed by atoms with Gasteiger partial charge in [-0.05, 0) is 31.7 Å². The molecule has 86 valence electrons. The van der Waals surface area contributed by atoms with Gasteiger partial charge in [0.2, 0.25) is 0 Å². The van der Waals surface area contributed by atoms with Gasteiger partial charge in [0, 0.05) is 18.2 Å². The molecule has 16 heavy (non-hydrogen) atoms. The Morgan fingerprint density at radius 2 is 2.00 bits per heavy atom. The van der Waals surface area contributed by atoms with E-state index in [1.54, 1.807) is 0 Å². The van der Waals surface area contributed by atoms with E-state index in [1.165, 1.54) is 18.4 Å². The summed E-state index contributed by atoms with van der Waals surface area (Å²) in [5.74, 6) is 0. The van der Waals surface area contributed by atoms with E-state index < -0.39 is 0 Å². The molecule has 1 aromatic carbocycles. The summed E-state index contributed by atoms with van der Waals surface area (Å²) < 4.78 is 5.61. The summed E-state index contributed by atoms with van der Waals surface area (Å²) in [6.07, 6.45) is 4.04. The topological polar surface area (TPSA) is 21.3 Å². The van der Waals surface area contributed by atoms with Crippen molar-refractivity contribution in [3.05, 3.63) is 35.9 Å². The highest BCUT2D eigenvalue weighted by Gasteiger charge is 2.46. The highest BCUT2D eigenvalue weighted by atomic mass is 16.5. The van der Waals surface area contributed by atoms with Crippen LogP contribution in [0.5, 0.6) is 0 Å². The van der Waals surface area contributed by atoms with E-state index >= 15 is 0 Å². The predicted octanol–water partition coefficient (Wildman–Crippen LogP) is 2.44. The molecule has 1 N–H and O–H groups in total. The molecule has 3 rings (SSSR count). The van der Waals surface area contributed by atoms with Gasteiger partial charge in [0.15, 0.2) is 0 Å². The smallest absolute Gasteiger partial charge is 0.0701 e. The molecule has 0 bridgehead atoms. The second-order valence-corrected chi connectivity index (χ2v) is 5.06. The van der Waals surface area contributed by atoms with Gasteiger partial charge in [-0.25, -0.2) is 0 Å². The van der Waals surface area contributed by atoms with Gasteiger partial charge in [-0.15, -0.1) is 0 Å². The van der Waals surface area contributed by atoms with Gasteiger partial charge in [-0.3, -0.25) is 0 Å². The average Bonchev–Trinajstić information content (AvgIpc) is 3.00. The lowest BCUT2D eigenvalue weighted by Gasteiger charge is -2.24. The zero-order valence-electron chi connectivity index (χ0n) is 9.78. The van der Waals surface area contributed by atoms with E-state index in [0.29, 0.717) is 12.1 Å². The molecule has 2 fully saturated rings. The third-order valence-corrected chi connectivity index (χ3v) is 3.91. The Bertz CT molecular complexity index is 358. The maximum atomic E-state index is 5.61. The van der Waals surface area contributed by atoms with E-state index in [1.807, 2.05) is 0 Å². The molecule has 2 unspecified atom stereocenters. The molecule has 0 spiro atoms. The first-order valence-corrected chi connectivity index (χ1v) is 6.25. The molecule has 1 saturated carbocycles. The van der Waals surface area contributed by atoms with Crippen LogP contribution in [0.15, 0.2) is 30.3 Å². The quantitative estimate of drug-likeness (QED) is 0.839. The van der Waals surface area contributed by atoms with Gasteiger partial charge in [0.05, 0.1) is 6.10 Å². The molecule has 2 nitrogen and oxygen atoms in total. The summed E-state index contributed by atoms with van der Waals surface area (Å²) in [5, 5.41) is 3.81. The van der Waals surface area contributed by atoms with Crippen LogP contribution in [0.3, 0.4) is 0 Å². The number of hydrogen-bond donors (Lipinski definition) is 1. The Morgan fingerprint density at radius 3 is 2.56 bits per heavy atom. The van der Waals surface area contributed by atoms with Crippen LogP contribution in [0.1, 0.15) is 31.7 Å². The Kier molecular flexibility index (Phi) is 2.49. The molecule has 0 aromatic heterocycles. The summed E-state index contributed by atoms with van der Waals surface area (Å²) >= 11 is 0. The highest BCUT2D eigenvalue weighted by molar-refractivity contribution is 5.30.